The molecule has 5 aromatic rings. The van der Waals surface area contributed by atoms with E-state index in [1.54, 1.807) is 0 Å². The standard InChI is InChI=1S/C31H26F3N3O4/c1-39-25-14-19(15-26(40-2)30(25)41-3)28-29-23(22-6-4-5-7-24(22)37-29)16-21(36-28)17-35-27(38)13-10-18-8-11-20(12-9-18)31(32,33)34/h4-16,37H,17H2,1-3H3,(H,35,38)/b13-10+. The first-order chi connectivity index (χ1) is 19.7. The van der Waals surface area contributed by atoms with Crippen LogP contribution >= 0.6 is 0 Å². The van der Waals surface area contributed by atoms with Gasteiger partial charge in [0.25, 0.3) is 0 Å². The van der Waals surface area contributed by atoms with Gasteiger partial charge in [-0.3, -0.25) is 4.79 Å². The maximum absolute atomic E-state index is 12.8. The molecule has 210 valence electrons. The molecule has 0 atom stereocenters. The van der Waals surface area contributed by atoms with Gasteiger partial charge in [-0.05, 0) is 48.0 Å². The van der Waals surface area contributed by atoms with Crippen LogP contribution in [-0.4, -0.2) is 37.2 Å². The van der Waals surface area contributed by atoms with Crippen LogP contribution in [0.25, 0.3) is 39.1 Å². The van der Waals surface area contributed by atoms with Crippen LogP contribution in [0.1, 0.15) is 16.8 Å². The van der Waals surface area contributed by atoms with E-state index in [0.717, 1.165) is 33.9 Å². The van der Waals surface area contributed by atoms with Crippen molar-refractivity contribution in [3.8, 4) is 28.5 Å². The molecule has 0 saturated carbocycles. The smallest absolute Gasteiger partial charge is 0.416 e. The maximum atomic E-state index is 12.8. The third-order valence-electron chi connectivity index (χ3n) is 6.60. The van der Waals surface area contributed by atoms with E-state index in [-0.39, 0.29) is 6.54 Å². The van der Waals surface area contributed by atoms with Crippen molar-refractivity contribution in [3.63, 3.8) is 0 Å². The van der Waals surface area contributed by atoms with Crippen LogP contribution in [0.2, 0.25) is 0 Å². The first kappa shape index (κ1) is 27.6. The van der Waals surface area contributed by atoms with E-state index in [1.165, 1.54) is 45.6 Å². The van der Waals surface area contributed by atoms with Crippen LogP contribution in [0, 0.1) is 0 Å². The number of hydrogen-bond donors (Lipinski definition) is 2. The highest BCUT2D eigenvalue weighted by Crippen LogP contribution is 2.42. The predicted molar refractivity (Wildman–Crippen MR) is 151 cm³/mol. The van der Waals surface area contributed by atoms with Gasteiger partial charge in [0.2, 0.25) is 11.7 Å². The second kappa shape index (κ2) is 11.2. The van der Waals surface area contributed by atoms with Crippen molar-refractivity contribution < 1.29 is 32.2 Å². The van der Waals surface area contributed by atoms with Crippen LogP contribution in [-0.2, 0) is 17.5 Å². The van der Waals surface area contributed by atoms with E-state index in [4.69, 9.17) is 19.2 Å². The van der Waals surface area contributed by atoms with Crippen LogP contribution in [0.4, 0.5) is 13.2 Å². The molecule has 0 aliphatic rings. The molecular weight excluding hydrogens is 535 g/mol. The van der Waals surface area contributed by atoms with Crippen molar-refractivity contribution in [2.75, 3.05) is 21.3 Å². The van der Waals surface area contributed by atoms with Crippen molar-refractivity contribution in [2.24, 2.45) is 0 Å². The second-order valence-electron chi connectivity index (χ2n) is 9.14. The van der Waals surface area contributed by atoms with E-state index in [9.17, 15) is 18.0 Å². The van der Waals surface area contributed by atoms with E-state index in [0.29, 0.717) is 39.8 Å². The molecule has 2 aromatic heterocycles. The number of carbonyl (C=O) groups excluding carboxylic acids is 1. The Hall–Kier alpha value is -4.99. The number of alkyl halides is 3. The molecule has 0 fully saturated rings. The van der Waals surface area contributed by atoms with E-state index < -0.39 is 17.6 Å². The fraction of sp³-hybridized carbons (Fsp3) is 0.161. The van der Waals surface area contributed by atoms with E-state index >= 15 is 0 Å². The molecule has 0 radical (unpaired) electrons. The molecule has 0 aliphatic carbocycles. The minimum absolute atomic E-state index is 0.114. The number of halogens is 3. The zero-order valence-electron chi connectivity index (χ0n) is 22.4. The molecule has 0 bridgehead atoms. The summed E-state index contributed by atoms with van der Waals surface area (Å²) < 4.78 is 54.9. The molecule has 0 aliphatic heterocycles. The topological polar surface area (TPSA) is 85.5 Å². The van der Waals surface area contributed by atoms with E-state index in [1.807, 2.05) is 42.5 Å². The summed E-state index contributed by atoms with van der Waals surface area (Å²) in [4.78, 5) is 20.9. The highest BCUT2D eigenvalue weighted by molar-refractivity contribution is 6.11. The normalized spacial score (nSPS) is 11.8. The van der Waals surface area contributed by atoms with Gasteiger partial charge in [0.1, 0.15) is 0 Å². The molecule has 5 rings (SSSR count). The fourth-order valence-corrected chi connectivity index (χ4v) is 4.61. The number of rotatable bonds is 8. The van der Waals surface area contributed by atoms with Gasteiger partial charge in [-0.1, -0.05) is 30.3 Å². The third kappa shape index (κ3) is 5.67. The van der Waals surface area contributed by atoms with Gasteiger partial charge in [-0.25, -0.2) is 4.98 Å². The summed E-state index contributed by atoms with van der Waals surface area (Å²) in [6.07, 6.45) is -1.69. The Morgan fingerprint density at radius 2 is 1.61 bits per heavy atom. The number of fused-ring (bicyclic) bond motifs is 3. The highest BCUT2D eigenvalue weighted by atomic mass is 19.4. The number of ether oxygens (including phenoxy) is 3. The summed E-state index contributed by atoms with van der Waals surface area (Å²) in [6, 6.07) is 18.0. The summed E-state index contributed by atoms with van der Waals surface area (Å²) in [5, 5.41) is 4.72. The average Bonchev–Trinajstić information content (AvgIpc) is 3.36. The monoisotopic (exact) mass is 561 g/mol. The lowest BCUT2D eigenvalue weighted by molar-refractivity contribution is -0.137. The molecule has 2 heterocycles. The van der Waals surface area contributed by atoms with Crippen LogP contribution < -0.4 is 19.5 Å². The Morgan fingerprint density at radius 3 is 2.24 bits per heavy atom. The molecule has 0 spiro atoms. The number of methoxy groups -OCH3 is 3. The van der Waals surface area contributed by atoms with Gasteiger partial charge < -0.3 is 24.5 Å². The summed E-state index contributed by atoms with van der Waals surface area (Å²) in [5.74, 6) is 0.981. The lowest BCUT2D eigenvalue weighted by Crippen LogP contribution is -2.21. The Kier molecular flexibility index (Phi) is 7.56. The van der Waals surface area contributed by atoms with Crippen LogP contribution in [0.3, 0.4) is 0 Å². The Balaban J connectivity index is 1.47. The van der Waals surface area contributed by atoms with Gasteiger partial charge in [0, 0.05) is 27.9 Å². The van der Waals surface area contributed by atoms with Gasteiger partial charge in [-0.15, -0.1) is 0 Å². The van der Waals surface area contributed by atoms with Crippen molar-refractivity contribution >= 4 is 33.8 Å². The van der Waals surface area contributed by atoms with Gasteiger partial charge in [0.05, 0.1) is 50.3 Å². The SMILES string of the molecule is COc1cc(-c2nc(CNC(=O)/C=C/c3ccc(C(F)(F)F)cc3)cc3c2[nH]c2ccccc23)cc(OC)c1OC. The minimum Gasteiger partial charge on any atom is -0.493 e. The number of aromatic amines is 1. The van der Waals surface area contributed by atoms with Crippen molar-refractivity contribution in [3.05, 3.63) is 89.6 Å². The summed E-state index contributed by atoms with van der Waals surface area (Å²) in [6.45, 7) is 0.114. The number of pyridine rings is 1. The molecule has 7 nitrogen and oxygen atoms in total. The Morgan fingerprint density at radius 1 is 0.927 bits per heavy atom. The molecule has 0 unspecified atom stereocenters. The number of carbonyl (C=O) groups is 1. The van der Waals surface area contributed by atoms with Crippen molar-refractivity contribution in [1.82, 2.24) is 15.3 Å². The van der Waals surface area contributed by atoms with Crippen molar-refractivity contribution in [1.29, 1.82) is 0 Å². The van der Waals surface area contributed by atoms with Crippen molar-refractivity contribution in [2.45, 2.75) is 12.7 Å². The largest absolute Gasteiger partial charge is 0.493 e. The number of para-hydroxylation sites is 1. The van der Waals surface area contributed by atoms with Crippen LogP contribution in [0.5, 0.6) is 17.2 Å². The van der Waals surface area contributed by atoms with Gasteiger partial charge in [0.15, 0.2) is 11.5 Å². The van der Waals surface area contributed by atoms with Crippen LogP contribution in [0.15, 0.2) is 72.8 Å². The summed E-state index contributed by atoms with van der Waals surface area (Å²) >= 11 is 0. The molecule has 1 amide bonds. The first-order valence-electron chi connectivity index (χ1n) is 12.6. The Bertz CT molecular complexity index is 1730. The zero-order valence-corrected chi connectivity index (χ0v) is 22.4. The molecule has 3 aromatic carbocycles. The highest BCUT2D eigenvalue weighted by Gasteiger charge is 2.29. The predicted octanol–water partition coefficient (Wildman–Crippen LogP) is 6.76. The summed E-state index contributed by atoms with van der Waals surface area (Å²) in [7, 11) is 4.61. The van der Waals surface area contributed by atoms with Gasteiger partial charge in [-0.2, -0.15) is 13.2 Å². The lowest BCUT2D eigenvalue weighted by atomic mass is 10.1. The third-order valence-corrected chi connectivity index (χ3v) is 6.60. The molecule has 10 heteroatoms. The second-order valence-corrected chi connectivity index (χ2v) is 9.14. The number of nitrogens with zero attached hydrogens (tertiary/aromatic N) is 1. The number of nitrogens with one attached hydrogen (secondary N) is 2. The Labute approximate surface area is 233 Å². The molecule has 2 N–H and O–H groups in total. The number of amides is 1. The quantitative estimate of drug-likeness (QED) is 0.205. The van der Waals surface area contributed by atoms with E-state index in [2.05, 4.69) is 10.3 Å². The fourth-order valence-electron chi connectivity index (χ4n) is 4.61. The molecule has 0 saturated heterocycles. The molecule has 41 heavy (non-hydrogen) atoms. The summed E-state index contributed by atoms with van der Waals surface area (Å²) in [5.41, 5.74) is 3.39. The number of benzene rings is 3. The number of H-pyrrole nitrogens is 1. The van der Waals surface area contributed by atoms with Gasteiger partial charge >= 0.3 is 6.18 Å². The maximum Gasteiger partial charge on any atom is 0.416 e. The first-order valence-corrected chi connectivity index (χ1v) is 12.6. The number of hydrogen-bond acceptors (Lipinski definition) is 5. The minimum atomic E-state index is -4.42. The number of aromatic nitrogens is 2. The molecular formula is C31H26F3N3O4. The lowest BCUT2D eigenvalue weighted by Gasteiger charge is -2.15. The average molecular weight is 562 g/mol. The zero-order chi connectivity index (χ0) is 29.1.